The van der Waals surface area contributed by atoms with E-state index < -0.39 is 17.8 Å². The molecule has 0 radical (unpaired) electrons. The minimum atomic E-state index is -0.903. The van der Waals surface area contributed by atoms with Crippen LogP contribution in [0.3, 0.4) is 0 Å². The van der Waals surface area contributed by atoms with E-state index in [1.54, 1.807) is 0 Å². The summed E-state index contributed by atoms with van der Waals surface area (Å²) in [6.07, 6.45) is 0.939. The van der Waals surface area contributed by atoms with Gasteiger partial charge in [-0.3, -0.25) is 9.59 Å². The van der Waals surface area contributed by atoms with E-state index in [0.29, 0.717) is 12.8 Å². The molecule has 0 heterocycles. The highest BCUT2D eigenvalue weighted by Gasteiger charge is 2.37. The zero-order valence-corrected chi connectivity index (χ0v) is 13.9. The molecule has 4 nitrogen and oxygen atoms in total. The van der Waals surface area contributed by atoms with E-state index in [4.69, 9.17) is 0 Å². The number of nitrogens with one attached hydrogen (secondary N) is 1. The highest BCUT2D eigenvalue weighted by Crippen LogP contribution is 2.35. The number of carboxylic acids is 1. The van der Waals surface area contributed by atoms with E-state index in [1.807, 2.05) is 56.3 Å². The number of amides is 1. The molecule has 4 heteroatoms. The number of hydrogen-bond donors (Lipinski definition) is 2. The van der Waals surface area contributed by atoms with Gasteiger partial charge in [0.1, 0.15) is 0 Å². The lowest BCUT2D eigenvalue weighted by molar-refractivity contribution is -0.146. The zero-order chi connectivity index (χ0) is 17.3. The highest BCUT2D eigenvalue weighted by atomic mass is 16.4. The van der Waals surface area contributed by atoms with Gasteiger partial charge < -0.3 is 10.4 Å². The Balaban J connectivity index is 1.89. The van der Waals surface area contributed by atoms with Crippen LogP contribution in [0.1, 0.15) is 26.7 Å². The number of aliphatic carboxylic acids is 1. The number of fused-ring (bicyclic) bond motifs is 1. The summed E-state index contributed by atoms with van der Waals surface area (Å²) < 4.78 is 0. The molecule has 0 saturated carbocycles. The molecule has 1 amide bonds. The Bertz CT molecular complexity index is 832. The standard InChI is InChI=1S/C20H21NO3/c1-12-10-16(17(20(23)24)11-13(12)2)19(22)21-18-9-5-7-14-6-3-4-8-15(14)18/h3-9,16-17H,10-11H2,1-2H3,(H,21,22)(H,23,24). The molecule has 2 unspecified atom stereocenters. The van der Waals surface area contributed by atoms with Crippen LogP contribution >= 0.6 is 0 Å². The molecular formula is C20H21NO3. The second-order valence-electron chi connectivity index (χ2n) is 6.54. The van der Waals surface area contributed by atoms with Crippen LogP contribution in [-0.4, -0.2) is 17.0 Å². The van der Waals surface area contributed by atoms with E-state index >= 15 is 0 Å². The van der Waals surface area contributed by atoms with Gasteiger partial charge in [0.05, 0.1) is 11.8 Å². The number of allylic oxidation sites excluding steroid dienone is 2. The summed E-state index contributed by atoms with van der Waals surface area (Å²) in [4.78, 5) is 24.4. The minimum Gasteiger partial charge on any atom is -0.481 e. The lowest BCUT2D eigenvalue weighted by atomic mass is 9.76. The van der Waals surface area contributed by atoms with Crippen LogP contribution in [0.2, 0.25) is 0 Å². The van der Waals surface area contributed by atoms with Crippen molar-refractivity contribution in [2.75, 3.05) is 5.32 Å². The topological polar surface area (TPSA) is 66.4 Å². The van der Waals surface area contributed by atoms with Crippen LogP contribution in [0, 0.1) is 11.8 Å². The Morgan fingerprint density at radius 1 is 0.958 bits per heavy atom. The summed E-state index contributed by atoms with van der Waals surface area (Å²) in [5.41, 5.74) is 2.92. The second-order valence-corrected chi connectivity index (χ2v) is 6.54. The van der Waals surface area contributed by atoms with Gasteiger partial charge in [0.25, 0.3) is 0 Å². The average Bonchev–Trinajstić information content (AvgIpc) is 2.57. The fourth-order valence-corrected chi connectivity index (χ4v) is 3.39. The van der Waals surface area contributed by atoms with Gasteiger partial charge in [-0.15, -0.1) is 0 Å². The largest absolute Gasteiger partial charge is 0.481 e. The van der Waals surface area contributed by atoms with Gasteiger partial charge >= 0.3 is 5.97 Å². The Hall–Kier alpha value is -2.62. The van der Waals surface area contributed by atoms with E-state index in [9.17, 15) is 14.7 Å². The van der Waals surface area contributed by atoms with Gasteiger partial charge in [-0.2, -0.15) is 0 Å². The molecule has 0 fully saturated rings. The molecule has 0 aliphatic heterocycles. The summed E-state index contributed by atoms with van der Waals surface area (Å²) >= 11 is 0. The monoisotopic (exact) mass is 323 g/mol. The molecule has 2 N–H and O–H groups in total. The maximum absolute atomic E-state index is 12.8. The van der Waals surface area contributed by atoms with E-state index in [2.05, 4.69) is 5.32 Å². The first kappa shape index (κ1) is 16.2. The fourth-order valence-electron chi connectivity index (χ4n) is 3.39. The fraction of sp³-hybridized carbons (Fsp3) is 0.300. The van der Waals surface area contributed by atoms with Gasteiger partial charge in [0.2, 0.25) is 5.91 Å². The molecule has 2 aromatic rings. The number of carbonyl (C=O) groups excluding carboxylic acids is 1. The van der Waals surface area contributed by atoms with Gasteiger partial charge in [0, 0.05) is 11.1 Å². The Morgan fingerprint density at radius 3 is 2.29 bits per heavy atom. The van der Waals surface area contributed by atoms with Crippen molar-refractivity contribution in [1.82, 2.24) is 0 Å². The summed E-state index contributed by atoms with van der Waals surface area (Å²) in [5, 5.41) is 14.4. The molecule has 0 saturated heterocycles. The Kier molecular flexibility index (Phi) is 4.38. The van der Waals surface area contributed by atoms with Gasteiger partial charge in [-0.25, -0.2) is 0 Å². The maximum Gasteiger partial charge on any atom is 0.307 e. The van der Waals surface area contributed by atoms with Crippen molar-refractivity contribution in [3.05, 3.63) is 53.6 Å². The lowest BCUT2D eigenvalue weighted by Gasteiger charge is -2.29. The third-order valence-electron chi connectivity index (χ3n) is 4.97. The molecule has 24 heavy (non-hydrogen) atoms. The molecule has 1 aliphatic carbocycles. The van der Waals surface area contributed by atoms with Crippen LogP contribution in [-0.2, 0) is 9.59 Å². The first-order valence-electron chi connectivity index (χ1n) is 8.14. The number of carbonyl (C=O) groups is 2. The molecular weight excluding hydrogens is 302 g/mol. The van der Waals surface area contributed by atoms with Crippen molar-refractivity contribution in [3.8, 4) is 0 Å². The quantitative estimate of drug-likeness (QED) is 0.831. The minimum absolute atomic E-state index is 0.217. The number of carboxylic acid groups (broad SMARTS) is 1. The molecule has 2 atom stereocenters. The molecule has 0 spiro atoms. The average molecular weight is 323 g/mol. The van der Waals surface area contributed by atoms with Gasteiger partial charge in [0.15, 0.2) is 0 Å². The maximum atomic E-state index is 12.8. The summed E-state index contributed by atoms with van der Waals surface area (Å²) in [5.74, 6) is -2.32. The normalized spacial score (nSPS) is 20.9. The van der Waals surface area contributed by atoms with Crippen molar-refractivity contribution in [1.29, 1.82) is 0 Å². The summed E-state index contributed by atoms with van der Waals surface area (Å²) in [6.45, 7) is 3.93. The van der Waals surface area contributed by atoms with Crippen LogP contribution < -0.4 is 5.32 Å². The summed E-state index contributed by atoms with van der Waals surface area (Å²) in [6, 6.07) is 13.6. The smallest absolute Gasteiger partial charge is 0.307 e. The molecule has 0 aromatic heterocycles. The second kappa shape index (κ2) is 6.48. The van der Waals surface area contributed by atoms with Crippen LogP contribution in [0.25, 0.3) is 10.8 Å². The predicted octanol–water partition coefficient (Wildman–Crippen LogP) is 4.23. The van der Waals surface area contributed by atoms with Crippen LogP contribution in [0.5, 0.6) is 0 Å². The SMILES string of the molecule is CC1=C(C)CC(C(=O)Nc2cccc3ccccc23)C(C(=O)O)C1. The third kappa shape index (κ3) is 3.04. The number of rotatable bonds is 3. The lowest BCUT2D eigenvalue weighted by Crippen LogP contribution is -2.36. The summed E-state index contributed by atoms with van der Waals surface area (Å²) in [7, 11) is 0. The van der Waals surface area contributed by atoms with Gasteiger partial charge in [-0.05, 0) is 38.1 Å². The molecule has 0 bridgehead atoms. The van der Waals surface area contributed by atoms with E-state index in [-0.39, 0.29) is 5.91 Å². The van der Waals surface area contributed by atoms with Crippen LogP contribution in [0.15, 0.2) is 53.6 Å². The van der Waals surface area contributed by atoms with Crippen molar-refractivity contribution in [2.45, 2.75) is 26.7 Å². The number of hydrogen-bond acceptors (Lipinski definition) is 2. The first-order valence-corrected chi connectivity index (χ1v) is 8.14. The zero-order valence-electron chi connectivity index (χ0n) is 13.9. The van der Waals surface area contributed by atoms with E-state index in [0.717, 1.165) is 27.6 Å². The van der Waals surface area contributed by atoms with Crippen LogP contribution in [0.4, 0.5) is 5.69 Å². The van der Waals surface area contributed by atoms with Crippen molar-refractivity contribution < 1.29 is 14.7 Å². The Morgan fingerprint density at radius 2 is 1.58 bits per heavy atom. The molecule has 124 valence electrons. The number of anilines is 1. The predicted molar refractivity (Wildman–Crippen MR) is 94.8 cm³/mol. The van der Waals surface area contributed by atoms with Crippen molar-refractivity contribution >= 4 is 28.3 Å². The van der Waals surface area contributed by atoms with Gasteiger partial charge in [-0.1, -0.05) is 47.5 Å². The Labute approximate surface area is 141 Å². The molecule has 3 rings (SSSR count). The highest BCUT2D eigenvalue weighted by molar-refractivity contribution is 6.03. The molecule has 1 aliphatic rings. The first-order chi connectivity index (χ1) is 11.5. The third-order valence-corrected chi connectivity index (χ3v) is 4.97. The number of benzene rings is 2. The van der Waals surface area contributed by atoms with E-state index in [1.165, 1.54) is 0 Å². The molecule has 2 aromatic carbocycles. The van der Waals surface area contributed by atoms with Crippen molar-refractivity contribution in [2.24, 2.45) is 11.8 Å². The van der Waals surface area contributed by atoms with Crippen molar-refractivity contribution in [3.63, 3.8) is 0 Å².